The summed E-state index contributed by atoms with van der Waals surface area (Å²) in [4.78, 5) is 19.5. The van der Waals surface area contributed by atoms with Crippen LogP contribution < -0.4 is 5.73 Å². The Morgan fingerprint density at radius 1 is 1.38 bits per heavy atom. The molecule has 2 fully saturated rings. The van der Waals surface area contributed by atoms with Crippen LogP contribution >= 0.6 is 0 Å². The van der Waals surface area contributed by atoms with Crippen molar-refractivity contribution in [3.05, 3.63) is 17.7 Å². The van der Waals surface area contributed by atoms with Gasteiger partial charge in [-0.3, -0.25) is 0 Å². The summed E-state index contributed by atoms with van der Waals surface area (Å²) >= 11 is 0. The molecule has 2 saturated carbocycles. The van der Waals surface area contributed by atoms with Crippen LogP contribution in [-0.2, 0) is 15.0 Å². The number of esters is 1. The summed E-state index contributed by atoms with van der Waals surface area (Å²) in [7, 11) is 1.70. The molecule has 21 heavy (non-hydrogen) atoms. The number of hydrogen-bond donors (Lipinski definition) is 2. The fourth-order valence-electron chi connectivity index (χ4n) is 3.11. The molecule has 2 aliphatic rings. The Morgan fingerprint density at radius 3 is 2.81 bits per heavy atom. The van der Waals surface area contributed by atoms with Crippen molar-refractivity contribution in [2.45, 2.75) is 62.7 Å². The Hall–Kier alpha value is -1.40. The van der Waals surface area contributed by atoms with Crippen LogP contribution in [0.25, 0.3) is 0 Å². The van der Waals surface area contributed by atoms with Crippen LogP contribution in [0.15, 0.2) is 6.20 Å². The van der Waals surface area contributed by atoms with E-state index in [1.807, 2.05) is 0 Å². The molecule has 3 rings (SSSR count). The van der Waals surface area contributed by atoms with Crippen molar-refractivity contribution < 1.29 is 14.3 Å². The third-order valence-electron chi connectivity index (χ3n) is 4.70. The Kier molecular flexibility index (Phi) is 3.99. The number of carbonyl (C=O) groups excluding carboxylic acids is 1. The SMILES string of the molecule is COC1CCCC(OC(=O)c2cnc(C3(N)CCC3)[nH]2)C1. The van der Waals surface area contributed by atoms with E-state index in [4.69, 9.17) is 15.2 Å². The monoisotopic (exact) mass is 293 g/mol. The highest BCUT2D eigenvalue weighted by Crippen LogP contribution is 2.36. The van der Waals surface area contributed by atoms with Crippen LogP contribution in [0.1, 0.15) is 61.3 Å². The number of carbonyl (C=O) groups is 1. The van der Waals surface area contributed by atoms with Crippen molar-refractivity contribution in [1.82, 2.24) is 9.97 Å². The summed E-state index contributed by atoms with van der Waals surface area (Å²) < 4.78 is 10.9. The predicted molar refractivity (Wildman–Crippen MR) is 76.8 cm³/mol. The summed E-state index contributed by atoms with van der Waals surface area (Å²) in [5.41, 5.74) is 6.20. The molecule has 1 aromatic rings. The van der Waals surface area contributed by atoms with Crippen LogP contribution in [0.4, 0.5) is 0 Å². The summed E-state index contributed by atoms with van der Waals surface area (Å²) in [5.74, 6) is 0.345. The van der Waals surface area contributed by atoms with Crippen LogP contribution in [0.3, 0.4) is 0 Å². The van der Waals surface area contributed by atoms with Gasteiger partial charge in [-0.15, -0.1) is 0 Å². The smallest absolute Gasteiger partial charge is 0.356 e. The first-order valence-electron chi connectivity index (χ1n) is 7.69. The highest BCUT2D eigenvalue weighted by Gasteiger charge is 2.37. The maximum Gasteiger partial charge on any atom is 0.356 e. The molecule has 2 unspecified atom stereocenters. The molecule has 6 nitrogen and oxygen atoms in total. The van der Waals surface area contributed by atoms with E-state index in [-0.39, 0.29) is 23.7 Å². The van der Waals surface area contributed by atoms with Crippen molar-refractivity contribution in [1.29, 1.82) is 0 Å². The van der Waals surface area contributed by atoms with Gasteiger partial charge in [0, 0.05) is 13.5 Å². The molecule has 6 heteroatoms. The van der Waals surface area contributed by atoms with E-state index in [9.17, 15) is 4.79 Å². The summed E-state index contributed by atoms with van der Waals surface area (Å²) in [6.45, 7) is 0. The van der Waals surface area contributed by atoms with Crippen molar-refractivity contribution in [2.75, 3.05) is 7.11 Å². The van der Waals surface area contributed by atoms with Gasteiger partial charge in [0.1, 0.15) is 17.6 Å². The predicted octanol–water partition coefficient (Wildman–Crippen LogP) is 1.86. The number of rotatable bonds is 4. The lowest BCUT2D eigenvalue weighted by Crippen LogP contribution is -2.44. The summed E-state index contributed by atoms with van der Waals surface area (Å²) in [6, 6.07) is 0. The highest BCUT2D eigenvalue weighted by molar-refractivity contribution is 5.87. The number of nitrogens with zero attached hydrogens (tertiary/aromatic N) is 1. The molecule has 0 saturated heterocycles. The second-order valence-corrected chi connectivity index (χ2v) is 6.21. The van der Waals surface area contributed by atoms with Crippen LogP contribution in [0.5, 0.6) is 0 Å². The second kappa shape index (κ2) is 5.77. The zero-order valence-electron chi connectivity index (χ0n) is 12.4. The maximum absolute atomic E-state index is 12.2. The lowest BCUT2D eigenvalue weighted by molar-refractivity contribution is -0.0153. The molecule has 1 heterocycles. The fraction of sp³-hybridized carbons (Fsp3) is 0.733. The van der Waals surface area contributed by atoms with E-state index < -0.39 is 0 Å². The summed E-state index contributed by atoms with van der Waals surface area (Å²) in [6.07, 6.45) is 8.30. The third kappa shape index (κ3) is 2.96. The van der Waals surface area contributed by atoms with E-state index in [2.05, 4.69) is 9.97 Å². The van der Waals surface area contributed by atoms with Gasteiger partial charge in [0.2, 0.25) is 0 Å². The lowest BCUT2D eigenvalue weighted by atomic mass is 9.77. The molecule has 0 bridgehead atoms. The van der Waals surface area contributed by atoms with Crippen LogP contribution in [-0.4, -0.2) is 35.3 Å². The first-order chi connectivity index (χ1) is 10.1. The number of hydrogen-bond acceptors (Lipinski definition) is 5. The fourth-order valence-corrected chi connectivity index (χ4v) is 3.11. The molecule has 2 aliphatic carbocycles. The third-order valence-corrected chi connectivity index (χ3v) is 4.70. The molecule has 116 valence electrons. The van der Waals surface area contributed by atoms with Crippen LogP contribution in [0.2, 0.25) is 0 Å². The first-order valence-corrected chi connectivity index (χ1v) is 7.69. The van der Waals surface area contributed by atoms with Gasteiger partial charge >= 0.3 is 5.97 Å². The van der Waals surface area contributed by atoms with Crippen LogP contribution in [0, 0.1) is 0 Å². The minimum absolute atomic E-state index is 0.0708. The van der Waals surface area contributed by atoms with Gasteiger partial charge in [-0.1, -0.05) is 0 Å². The molecular formula is C15H23N3O3. The van der Waals surface area contributed by atoms with E-state index in [1.54, 1.807) is 7.11 Å². The Labute approximate surface area is 124 Å². The molecule has 0 aliphatic heterocycles. The Bertz CT molecular complexity index is 510. The zero-order chi connectivity index (χ0) is 14.9. The number of nitrogens with one attached hydrogen (secondary N) is 1. The topological polar surface area (TPSA) is 90.2 Å². The lowest BCUT2D eigenvalue weighted by Gasteiger charge is -2.35. The molecule has 0 radical (unpaired) electrons. The normalized spacial score (nSPS) is 27.9. The van der Waals surface area contributed by atoms with Crippen molar-refractivity contribution in [3.63, 3.8) is 0 Å². The number of methoxy groups -OCH3 is 1. The van der Waals surface area contributed by atoms with Gasteiger partial charge in [-0.05, 0) is 38.5 Å². The van der Waals surface area contributed by atoms with E-state index >= 15 is 0 Å². The minimum Gasteiger partial charge on any atom is -0.458 e. The van der Waals surface area contributed by atoms with Gasteiger partial charge < -0.3 is 20.2 Å². The molecule has 2 atom stereocenters. The van der Waals surface area contributed by atoms with Gasteiger partial charge in [0.15, 0.2) is 0 Å². The standard InChI is InChI=1S/C15H23N3O3/c1-20-10-4-2-5-11(8-10)21-13(19)12-9-17-14(18-12)15(16)6-3-7-15/h9-11H,2-8,16H2,1H3,(H,17,18). The number of imidazole rings is 1. The van der Waals surface area contributed by atoms with E-state index in [0.717, 1.165) is 44.9 Å². The van der Waals surface area contributed by atoms with Crippen molar-refractivity contribution in [3.8, 4) is 0 Å². The van der Waals surface area contributed by atoms with Gasteiger partial charge in [0.25, 0.3) is 0 Å². The van der Waals surface area contributed by atoms with Crippen molar-refractivity contribution in [2.24, 2.45) is 5.73 Å². The highest BCUT2D eigenvalue weighted by atomic mass is 16.5. The van der Waals surface area contributed by atoms with Gasteiger partial charge in [0.05, 0.1) is 17.8 Å². The zero-order valence-corrected chi connectivity index (χ0v) is 12.4. The number of nitrogens with two attached hydrogens (primary N) is 1. The Morgan fingerprint density at radius 2 is 2.14 bits per heavy atom. The number of aromatic nitrogens is 2. The van der Waals surface area contributed by atoms with Gasteiger partial charge in [-0.25, -0.2) is 9.78 Å². The second-order valence-electron chi connectivity index (χ2n) is 6.21. The molecule has 0 spiro atoms. The number of aromatic amines is 1. The Balaban J connectivity index is 1.60. The van der Waals surface area contributed by atoms with Gasteiger partial charge in [-0.2, -0.15) is 0 Å². The van der Waals surface area contributed by atoms with E-state index in [0.29, 0.717) is 11.5 Å². The maximum atomic E-state index is 12.2. The molecule has 0 amide bonds. The average Bonchev–Trinajstić information content (AvgIpc) is 2.95. The van der Waals surface area contributed by atoms with Crippen molar-refractivity contribution >= 4 is 5.97 Å². The number of H-pyrrole nitrogens is 1. The largest absolute Gasteiger partial charge is 0.458 e. The molecule has 1 aromatic heterocycles. The molecule has 0 aromatic carbocycles. The minimum atomic E-state index is -0.384. The molecular weight excluding hydrogens is 270 g/mol. The average molecular weight is 293 g/mol. The molecule has 3 N–H and O–H groups in total. The van der Waals surface area contributed by atoms with E-state index in [1.165, 1.54) is 6.20 Å². The number of ether oxygens (including phenoxy) is 2. The first kappa shape index (κ1) is 14.5. The summed E-state index contributed by atoms with van der Waals surface area (Å²) in [5, 5.41) is 0. The quantitative estimate of drug-likeness (QED) is 0.827.